The van der Waals surface area contributed by atoms with Crippen molar-refractivity contribution in [1.29, 1.82) is 0 Å². The second kappa shape index (κ2) is 4.16. The van der Waals surface area contributed by atoms with Crippen LogP contribution in [0.5, 0.6) is 0 Å². The summed E-state index contributed by atoms with van der Waals surface area (Å²) in [5.74, 6) is 1.71. The van der Waals surface area contributed by atoms with Crippen LogP contribution in [0.1, 0.15) is 13.3 Å². The Morgan fingerprint density at radius 1 is 1.39 bits per heavy atom. The molecule has 1 heterocycles. The highest BCUT2D eigenvalue weighted by atomic mass is 15.1. The number of nitrogens with two attached hydrogens (primary N) is 1. The van der Waals surface area contributed by atoms with Crippen molar-refractivity contribution in [2.45, 2.75) is 13.3 Å². The molecule has 3 rings (SSSR count). The van der Waals surface area contributed by atoms with Gasteiger partial charge in [-0.15, -0.1) is 0 Å². The quantitative estimate of drug-likeness (QED) is 0.840. The van der Waals surface area contributed by atoms with E-state index in [0.717, 1.165) is 35.0 Å². The molecule has 3 nitrogen and oxygen atoms in total. The summed E-state index contributed by atoms with van der Waals surface area (Å²) in [7, 11) is 2.14. The van der Waals surface area contributed by atoms with Gasteiger partial charge < -0.3 is 10.6 Å². The third-order valence-corrected chi connectivity index (χ3v) is 3.98. The molecule has 2 unspecified atom stereocenters. The first-order valence-electron chi connectivity index (χ1n) is 6.51. The van der Waals surface area contributed by atoms with Crippen molar-refractivity contribution < 1.29 is 0 Å². The van der Waals surface area contributed by atoms with E-state index in [9.17, 15) is 0 Å². The Kier molecular flexibility index (Phi) is 2.62. The number of benzene rings is 1. The summed E-state index contributed by atoms with van der Waals surface area (Å²) in [4.78, 5) is 6.80. The molecule has 0 aliphatic heterocycles. The fourth-order valence-corrected chi connectivity index (χ4v) is 2.59. The SMILES string of the molecule is CC1CC1CN(C)c1ccc(N)c2cccnc12. The number of nitrogens with zero attached hydrogens (tertiary/aromatic N) is 2. The molecule has 1 aromatic heterocycles. The lowest BCUT2D eigenvalue weighted by atomic mass is 10.1. The number of pyridine rings is 1. The van der Waals surface area contributed by atoms with Gasteiger partial charge in [-0.3, -0.25) is 4.98 Å². The van der Waals surface area contributed by atoms with E-state index < -0.39 is 0 Å². The zero-order valence-corrected chi connectivity index (χ0v) is 10.9. The Bertz CT molecular complexity index is 579. The van der Waals surface area contributed by atoms with Crippen molar-refractivity contribution in [1.82, 2.24) is 4.98 Å². The maximum Gasteiger partial charge on any atom is 0.0955 e. The van der Waals surface area contributed by atoms with Crippen LogP contribution in [0.4, 0.5) is 11.4 Å². The highest BCUT2D eigenvalue weighted by Gasteiger charge is 2.33. The Labute approximate surface area is 108 Å². The fraction of sp³-hybridized carbons (Fsp3) is 0.400. The molecule has 3 heteroatoms. The van der Waals surface area contributed by atoms with Crippen LogP contribution in [0.25, 0.3) is 10.9 Å². The standard InChI is InChI=1S/C15H19N3/c1-10-8-11(10)9-18(2)14-6-5-13(16)12-4-3-7-17-15(12)14/h3-7,10-11H,8-9,16H2,1-2H3. The first-order valence-corrected chi connectivity index (χ1v) is 6.51. The van der Waals surface area contributed by atoms with Crippen molar-refractivity contribution >= 4 is 22.3 Å². The molecule has 2 N–H and O–H groups in total. The van der Waals surface area contributed by atoms with Gasteiger partial charge in [-0.1, -0.05) is 6.92 Å². The van der Waals surface area contributed by atoms with Crippen LogP contribution >= 0.6 is 0 Å². The van der Waals surface area contributed by atoms with Crippen molar-refractivity contribution in [3.8, 4) is 0 Å². The van der Waals surface area contributed by atoms with Gasteiger partial charge in [-0.2, -0.15) is 0 Å². The molecular formula is C15H19N3. The molecule has 0 bridgehead atoms. The molecule has 1 aromatic carbocycles. The summed E-state index contributed by atoms with van der Waals surface area (Å²) in [6.07, 6.45) is 3.18. The van der Waals surface area contributed by atoms with Gasteiger partial charge in [-0.05, 0) is 42.5 Å². The summed E-state index contributed by atoms with van der Waals surface area (Å²) in [5.41, 5.74) is 8.99. The molecule has 1 aliphatic rings. The zero-order valence-electron chi connectivity index (χ0n) is 10.9. The third-order valence-electron chi connectivity index (χ3n) is 3.98. The Morgan fingerprint density at radius 2 is 2.17 bits per heavy atom. The lowest BCUT2D eigenvalue weighted by molar-refractivity contribution is 0.726. The van der Waals surface area contributed by atoms with E-state index in [4.69, 9.17) is 5.73 Å². The molecule has 0 saturated heterocycles. The molecule has 1 fully saturated rings. The summed E-state index contributed by atoms with van der Waals surface area (Å²) in [6, 6.07) is 8.03. The normalized spacial score (nSPS) is 22.1. The third kappa shape index (κ3) is 1.90. The topological polar surface area (TPSA) is 42.1 Å². The number of anilines is 2. The molecular weight excluding hydrogens is 222 g/mol. The highest BCUT2D eigenvalue weighted by molar-refractivity contribution is 5.98. The summed E-state index contributed by atoms with van der Waals surface area (Å²) in [5, 5.41) is 1.05. The Balaban J connectivity index is 1.98. The van der Waals surface area contributed by atoms with Crippen LogP contribution in [0, 0.1) is 11.8 Å². The number of fused-ring (bicyclic) bond motifs is 1. The lowest BCUT2D eigenvalue weighted by Gasteiger charge is -2.21. The number of rotatable bonds is 3. The number of nitrogen functional groups attached to an aromatic ring is 1. The second-order valence-electron chi connectivity index (χ2n) is 5.43. The Hall–Kier alpha value is -1.77. The van der Waals surface area contributed by atoms with Crippen LogP contribution in [0.15, 0.2) is 30.5 Å². The molecule has 0 amide bonds. The zero-order chi connectivity index (χ0) is 12.7. The average molecular weight is 241 g/mol. The number of hydrogen-bond donors (Lipinski definition) is 1. The first-order chi connectivity index (χ1) is 8.66. The van der Waals surface area contributed by atoms with Gasteiger partial charge in [0, 0.05) is 30.9 Å². The predicted octanol–water partition coefficient (Wildman–Crippen LogP) is 2.91. The molecule has 18 heavy (non-hydrogen) atoms. The van der Waals surface area contributed by atoms with Crippen molar-refractivity contribution in [3.63, 3.8) is 0 Å². The minimum absolute atomic E-state index is 0.801. The van der Waals surface area contributed by atoms with E-state index in [1.165, 1.54) is 12.1 Å². The van der Waals surface area contributed by atoms with E-state index in [2.05, 4.69) is 29.9 Å². The molecule has 94 valence electrons. The van der Waals surface area contributed by atoms with Gasteiger partial charge in [0.1, 0.15) is 0 Å². The largest absolute Gasteiger partial charge is 0.398 e. The van der Waals surface area contributed by atoms with Gasteiger partial charge in [0.25, 0.3) is 0 Å². The van der Waals surface area contributed by atoms with Crippen LogP contribution in [0.3, 0.4) is 0 Å². The maximum atomic E-state index is 6.00. The van der Waals surface area contributed by atoms with Crippen LogP contribution in [-0.2, 0) is 0 Å². The summed E-state index contributed by atoms with van der Waals surface area (Å²) >= 11 is 0. The molecule has 1 aliphatic carbocycles. The molecule has 2 aromatic rings. The monoisotopic (exact) mass is 241 g/mol. The highest BCUT2D eigenvalue weighted by Crippen LogP contribution is 2.39. The van der Waals surface area contributed by atoms with Crippen molar-refractivity contribution in [2.24, 2.45) is 11.8 Å². The van der Waals surface area contributed by atoms with Crippen LogP contribution in [-0.4, -0.2) is 18.6 Å². The minimum Gasteiger partial charge on any atom is -0.398 e. The van der Waals surface area contributed by atoms with Gasteiger partial charge in [-0.25, -0.2) is 0 Å². The molecule has 1 saturated carbocycles. The summed E-state index contributed by atoms with van der Waals surface area (Å²) < 4.78 is 0. The van der Waals surface area contributed by atoms with Gasteiger partial charge in [0.2, 0.25) is 0 Å². The maximum absolute atomic E-state index is 6.00. The lowest BCUT2D eigenvalue weighted by Crippen LogP contribution is -2.21. The van der Waals surface area contributed by atoms with Crippen LogP contribution < -0.4 is 10.6 Å². The fourth-order valence-electron chi connectivity index (χ4n) is 2.59. The molecule has 0 spiro atoms. The Morgan fingerprint density at radius 3 is 2.89 bits per heavy atom. The van der Waals surface area contributed by atoms with E-state index in [1.54, 1.807) is 0 Å². The van der Waals surface area contributed by atoms with Crippen molar-refractivity contribution in [3.05, 3.63) is 30.5 Å². The molecule has 2 atom stereocenters. The van der Waals surface area contributed by atoms with E-state index in [1.807, 2.05) is 24.4 Å². The number of aromatic nitrogens is 1. The van der Waals surface area contributed by atoms with Gasteiger partial charge in [0.05, 0.1) is 11.2 Å². The second-order valence-corrected chi connectivity index (χ2v) is 5.43. The summed E-state index contributed by atoms with van der Waals surface area (Å²) in [6.45, 7) is 3.43. The van der Waals surface area contributed by atoms with Crippen molar-refractivity contribution in [2.75, 3.05) is 24.2 Å². The van der Waals surface area contributed by atoms with Gasteiger partial charge in [0.15, 0.2) is 0 Å². The predicted molar refractivity (Wildman–Crippen MR) is 76.7 cm³/mol. The smallest absolute Gasteiger partial charge is 0.0955 e. The first kappa shape index (κ1) is 11.3. The van der Waals surface area contributed by atoms with E-state index >= 15 is 0 Å². The average Bonchev–Trinajstić information content (AvgIpc) is 3.05. The van der Waals surface area contributed by atoms with Gasteiger partial charge >= 0.3 is 0 Å². The minimum atomic E-state index is 0.801. The molecule has 0 radical (unpaired) electrons. The van der Waals surface area contributed by atoms with Crippen LogP contribution in [0.2, 0.25) is 0 Å². The van der Waals surface area contributed by atoms with E-state index in [0.29, 0.717) is 0 Å². The number of hydrogen-bond acceptors (Lipinski definition) is 3. The van der Waals surface area contributed by atoms with E-state index in [-0.39, 0.29) is 0 Å².